The second-order valence-electron chi connectivity index (χ2n) is 8.38. The molecule has 0 aromatic carbocycles. The molecule has 2 aliphatic heterocycles. The summed E-state index contributed by atoms with van der Waals surface area (Å²) in [6.45, 7) is 7.59. The molecular weight excluding hydrogens is 455 g/mol. The summed E-state index contributed by atoms with van der Waals surface area (Å²) in [6.07, 6.45) is -3.80. The molecule has 0 bridgehead atoms. The van der Waals surface area contributed by atoms with Crippen LogP contribution in [0.25, 0.3) is 0 Å². The Balaban J connectivity index is 0.000000751. The van der Waals surface area contributed by atoms with E-state index in [0.29, 0.717) is 44.1 Å². The van der Waals surface area contributed by atoms with Gasteiger partial charge in [-0.1, -0.05) is 13.8 Å². The summed E-state index contributed by atoms with van der Waals surface area (Å²) in [7, 11) is 0. The molecule has 1 fully saturated rings. The Bertz CT molecular complexity index is 1030. The van der Waals surface area contributed by atoms with Crippen LogP contribution in [-0.4, -0.2) is 74.8 Å². The zero-order chi connectivity index (χ0) is 25.0. The van der Waals surface area contributed by atoms with E-state index < -0.39 is 17.8 Å². The van der Waals surface area contributed by atoms with Crippen molar-refractivity contribution in [3.05, 3.63) is 34.4 Å². The maximum atomic E-state index is 13.3. The predicted octanol–water partition coefficient (Wildman–Crippen LogP) is 2.04. The first-order chi connectivity index (χ1) is 16.0. The van der Waals surface area contributed by atoms with Gasteiger partial charge in [-0.15, -0.1) is 0 Å². The number of alkyl halides is 3. The van der Waals surface area contributed by atoms with Crippen molar-refractivity contribution in [1.29, 1.82) is 0 Å². The third-order valence-corrected chi connectivity index (χ3v) is 5.47. The highest BCUT2D eigenvalue weighted by atomic mass is 19.4. The number of carbonyl (C=O) groups excluding carboxylic acids is 1. The van der Waals surface area contributed by atoms with Gasteiger partial charge in [0, 0.05) is 50.9 Å². The van der Waals surface area contributed by atoms with Gasteiger partial charge in [-0.2, -0.15) is 18.3 Å². The Morgan fingerprint density at radius 3 is 2.38 bits per heavy atom. The molecule has 0 spiro atoms. The Hall–Kier alpha value is -3.22. The molecule has 4 rings (SSSR count). The number of hydrogen-bond donors (Lipinski definition) is 3. The standard InChI is InChI=1S/C19H24F3N7O.C2H4O2/c1-11(2)13-9-15(19(20,21)22)25-18(24-13)29-7-5-28(6-8-29)17(30)16-12-3-4-23-10-14(12)26-27-16;1-2(3)4/h9,11,23H,3-8,10H2,1-2H3,(H,26,27);1H3,(H,3,4). The van der Waals surface area contributed by atoms with Crippen molar-refractivity contribution in [2.24, 2.45) is 0 Å². The van der Waals surface area contributed by atoms with Gasteiger partial charge in [0.2, 0.25) is 5.95 Å². The topological polar surface area (TPSA) is 127 Å². The zero-order valence-corrected chi connectivity index (χ0v) is 19.2. The number of carbonyl (C=O) groups is 2. The van der Waals surface area contributed by atoms with Gasteiger partial charge in [0.1, 0.15) is 5.69 Å². The van der Waals surface area contributed by atoms with E-state index in [1.54, 1.807) is 23.6 Å². The maximum absolute atomic E-state index is 13.3. The number of anilines is 1. The summed E-state index contributed by atoms with van der Waals surface area (Å²) in [5.41, 5.74) is 1.73. The summed E-state index contributed by atoms with van der Waals surface area (Å²) in [6, 6.07) is 1.00. The van der Waals surface area contributed by atoms with Crippen molar-refractivity contribution >= 4 is 17.8 Å². The van der Waals surface area contributed by atoms with E-state index >= 15 is 0 Å². The van der Waals surface area contributed by atoms with E-state index in [9.17, 15) is 18.0 Å². The van der Waals surface area contributed by atoms with Gasteiger partial charge < -0.3 is 20.2 Å². The lowest BCUT2D eigenvalue weighted by atomic mass is 10.1. The van der Waals surface area contributed by atoms with Crippen LogP contribution in [0.3, 0.4) is 0 Å². The average molecular weight is 483 g/mol. The SMILES string of the molecule is CC(=O)O.CC(C)c1cc(C(F)(F)F)nc(N2CCN(C(=O)c3n[nH]c4c3CCNC4)CC2)n1. The van der Waals surface area contributed by atoms with Gasteiger partial charge in [0.05, 0.1) is 5.69 Å². The van der Waals surface area contributed by atoms with E-state index in [0.717, 1.165) is 37.2 Å². The van der Waals surface area contributed by atoms with Gasteiger partial charge in [0.25, 0.3) is 11.9 Å². The molecule has 186 valence electrons. The third-order valence-electron chi connectivity index (χ3n) is 5.47. The molecule has 0 aliphatic carbocycles. The summed E-state index contributed by atoms with van der Waals surface area (Å²) in [5.74, 6) is -1.08. The van der Waals surface area contributed by atoms with Crippen LogP contribution in [0.2, 0.25) is 0 Å². The molecule has 2 aliphatic rings. The highest BCUT2D eigenvalue weighted by molar-refractivity contribution is 5.94. The van der Waals surface area contributed by atoms with Crippen molar-refractivity contribution in [3.63, 3.8) is 0 Å². The minimum atomic E-state index is -4.53. The van der Waals surface area contributed by atoms with Gasteiger partial charge in [-0.25, -0.2) is 9.97 Å². The molecule has 34 heavy (non-hydrogen) atoms. The van der Waals surface area contributed by atoms with Gasteiger partial charge in [-0.05, 0) is 24.9 Å². The number of nitrogens with zero attached hydrogens (tertiary/aromatic N) is 5. The average Bonchev–Trinajstić information content (AvgIpc) is 3.21. The van der Waals surface area contributed by atoms with Gasteiger partial charge >= 0.3 is 6.18 Å². The molecule has 1 saturated heterocycles. The van der Waals surface area contributed by atoms with Crippen LogP contribution < -0.4 is 10.2 Å². The number of amides is 1. The molecule has 0 saturated carbocycles. The van der Waals surface area contributed by atoms with E-state index in [-0.39, 0.29) is 17.8 Å². The van der Waals surface area contributed by atoms with Crippen LogP contribution >= 0.6 is 0 Å². The number of carboxylic acid groups (broad SMARTS) is 1. The monoisotopic (exact) mass is 483 g/mol. The van der Waals surface area contributed by atoms with Crippen LogP contribution in [0.1, 0.15) is 59.8 Å². The molecular formula is C21H28F3N7O3. The first kappa shape index (κ1) is 25.4. The minimum absolute atomic E-state index is 0.0591. The first-order valence-electron chi connectivity index (χ1n) is 10.9. The van der Waals surface area contributed by atoms with E-state index in [2.05, 4.69) is 25.5 Å². The second-order valence-corrected chi connectivity index (χ2v) is 8.38. The molecule has 2 aromatic heterocycles. The number of nitrogens with one attached hydrogen (secondary N) is 2. The Morgan fingerprint density at radius 2 is 1.79 bits per heavy atom. The summed E-state index contributed by atoms with van der Waals surface area (Å²) in [4.78, 5) is 33.4. The lowest BCUT2D eigenvalue weighted by Gasteiger charge is -2.35. The zero-order valence-electron chi connectivity index (χ0n) is 19.2. The number of aromatic nitrogens is 4. The summed E-state index contributed by atoms with van der Waals surface area (Å²) in [5, 5.41) is 17.8. The number of halogens is 3. The number of aromatic amines is 1. The highest BCUT2D eigenvalue weighted by Gasteiger charge is 2.35. The number of H-pyrrole nitrogens is 1. The second kappa shape index (κ2) is 10.4. The molecule has 10 nitrogen and oxygen atoms in total. The fourth-order valence-electron chi connectivity index (χ4n) is 3.71. The predicted molar refractivity (Wildman–Crippen MR) is 117 cm³/mol. The van der Waals surface area contributed by atoms with Crippen LogP contribution in [0.5, 0.6) is 0 Å². The van der Waals surface area contributed by atoms with Crippen molar-refractivity contribution in [3.8, 4) is 0 Å². The maximum Gasteiger partial charge on any atom is 0.433 e. The van der Waals surface area contributed by atoms with Crippen molar-refractivity contribution in [2.75, 3.05) is 37.6 Å². The molecule has 2 aromatic rings. The summed E-state index contributed by atoms with van der Waals surface area (Å²) < 4.78 is 39.8. The lowest BCUT2D eigenvalue weighted by Crippen LogP contribution is -2.49. The smallest absolute Gasteiger partial charge is 0.433 e. The Labute approximate surface area is 194 Å². The number of piperazine rings is 1. The number of hydrogen-bond acceptors (Lipinski definition) is 7. The molecule has 1 amide bonds. The van der Waals surface area contributed by atoms with Crippen LogP contribution in [-0.2, 0) is 23.9 Å². The molecule has 4 heterocycles. The van der Waals surface area contributed by atoms with Gasteiger partial charge in [-0.3, -0.25) is 14.7 Å². The minimum Gasteiger partial charge on any atom is -0.481 e. The van der Waals surface area contributed by atoms with E-state index in [1.165, 1.54) is 0 Å². The fraction of sp³-hybridized carbons (Fsp3) is 0.571. The van der Waals surface area contributed by atoms with E-state index in [1.807, 2.05) is 0 Å². The Morgan fingerprint density at radius 1 is 1.15 bits per heavy atom. The largest absolute Gasteiger partial charge is 0.481 e. The Kier molecular flexibility index (Phi) is 7.75. The molecule has 0 unspecified atom stereocenters. The van der Waals surface area contributed by atoms with Crippen molar-refractivity contribution in [1.82, 2.24) is 30.4 Å². The first-order valence-corrected chi connectivity index (χ1v) is 10.9. The van der Waals surface area contributed by atoms with Crippen LogP contribution in [0.4, 0.5) is 19.1 Å². The highest BCUT2D eigenvalue weighted by Crippen LogP contribution is 2.31. The molecule has 0 atom stereocenters. The number of aliphatic carboxylic acids is 1. The van der Waals surface area contributed by atoms with E-state index in [4.69, 9.17) is 9.90 Å². The summed E-state index contributed by atoms with van der Waals surface area (Å²) >= 11 is 0. The van der Waals surface area contributed by atoms with Crippen molar-refractivity contribution in [2.45, 2.75) is 45.8 Å². The molecule has 13 heteroatoms. The van der Waals surface area contributed by atoms with Crippen molar-refractivity contribution < 1.29 is 27.9 Å². The molecule has 3 N–H and O–H groups in total. The van der Waals surface area contributed by atoms with Crippen LogP contribution in [0.15, 0.2) is 6.07 Å². The number of fused-ring (bicyclic) bond motifs is 1. The van der Waals surface area contributed by atoms with Gasteiger partial charge in [0.15, 0.2) is 5.69 Å². The fourth-order valence-corrected chi connectivity index (χ4v) is 3.71. The number of rotatable bonds is 3. The normalized spacial score (nSPS) is 16.1. The third kappa shape index (κ3) is 6.01. The lowest BCUT2D eigenvalue weighted by molar-refractivity contribution is -0.141. The van der Waals surface area contributed by atoms with Crippen LogP contribution in [0, 0.1) is 0 Å². The quantitative estimate of drug-likeness (QED) is 0.605. The number of carboxylic acids is 1. The molecule has 0 radical (unpaired) electrons.